The van der Waals surface area contributed by atoms with E-state index < -0.39 is 0 Å². The topological polar surface area (TPSA) is 64.1 Å². The van der Waals surface area contributed by atoms with Crippen molar-refractivity contribution in [2.24, 2.45) is 4.99 Å². The molecule has 0 aromatic heterocycles. The number of hydrogen-bond donors (Lipinski definition) is 2. The number of rotatable bonds is 6. The number of hydrogen-bond acceptors (Lipinski definition) is 4. The lowest BCUT2D eigenvalue weighted by atomic mass is 9.94. The normalized spacial score (nSPS) is 16.7. The lowest BCUT2D eigenvalue weighted by molar-refractivity contribution is -0.0855. The second-order valence-electron chi connectivity index (χ2n) is 6.09. The van der Waals surface area contributed by atoms with Crippen molar-refractivity contribution in [2.45, 2.75) is 31.9 Å². The maximum atomic E-state index is 5.74. The van der Waals surface area contributed by atoms with Gasteiger partial charge in [-0.15, -0.1) is 24.0 Å². The lowest BCUT2D eigenvalue weighted by Crippen LogP contribution is -2.50. The van der Waals surface area contributed by atoms with E-state index >= 15 is 0 Å². The first-order valence-electron chi connectivity index (χ1n) is 8.33. The number of aliphatic imine (C=N–C) groups is 1. The van der Waals surface area contributed by atoms with Crippen LogP contribution in [0.25, 0.3) is 0 Å². The maximum absolute atomic E-state index is 5.74. The predicted molar refractivity (Wildman–Crippen MR) is 111 cm³/mol. The molecule has 0 atom stereocenters. The quantitative estimate of drug-likeness (QED) is 0.386. The summed E-state index contributed by atoms with van der Waals surface area (Å²) in [7, 11) is 5.23. The van der Waals surface area contributed by atoms with Gasteiger partial charge in [-0.3, -0.25) is 4.99 Å². The third-order valence-electron chi connectivity index (χ3n) is 4.53. The molecule has 1 aromatic rings. The molecule has 0 spiro atoms. The summed E-state index contributed by atoms with van der Waals surface area (Å²) in [5.74, 6) is 1.64. The molecule has 1 heterocycles. The van der Waals surface area contributed by atoms with Gasteiger partial charge in [0.05, 0.1) is 12.7 Å². The van der Waals surface area contributed by atoms with Crippen LogP contribution in [0.2, 0.25) is 0 Å². The van der Waals surface area contributed by atoms with Crippen molar-refractivity contribution in [1.82, 2.24) is 10.6 Å². The van der Waals surface area contributed by atoms with E-state index in [0.29, 0.717) is 13.1 Å². The fraction of sp³-hybridized carbons (Fsp3) is 0.611. The molecular weight excluding hydrogens is 433 g/mol. The minimum absolute atomic E-state index is 0. The number of guanidine groups is 1. The number of benzene rings is 1. The van der Waals surface area contributed by atoms with Gasteiger partial charge in [0.25, 0.3) is 0 Å². The van der Waals surface area contributed by atoms with Crippen molar-refractivity contribution >= 4 is 29.9 Å². The zero-order valence-corrected chi connectivity index (χ0v) is 17.9. The SMILES string of the molecule is CN=C(NCc1ccc(C)cc1OC)NCC1(OC)CCOCC1.I. The highest BCUT2D eigenvalue weighted by atomic mass is 127. The van der Waals surface area contributed by atoms with E-state index in [-0.39, 0.29) is 29.6 Å². The van der Waals surface area contributed by atoms with Crippen molar-refractivity contribution in [3.05, 3.63) is 29.3 Å². The van der Waals surface area contributed by atoms with E-state index in [1.165, 1.54) is 5.56 Å². The minimum atomic E-state index is -0.183. The second kappa shape index (κ2) is 10.8. The van der Waals surface area contributed by atoms with Crippen molar-refractivity contribution in [3.63, 3.8) is 0 Å². The maximum Gasteiger partial charge on any atom is 0.191 e. The number of ether oxygens (including phenoxy) is 3. The van der Waals surface area contributed by atoms with E-state index in [2.05, 4.69) is 34.7 Å². The number of methoxy groups -OCH3 is 2. The Morgan fingerprint density at radius 2 is 1.96 bits per heavy atom. The van der Waals surface area contributed by atoms with Gasteiger partial charge >= 0.3 is 0 Å². The Labute approximate surface area is 167 Å². The summed E-state index contributed by atoms with van der Waals surface area (Å²) in [6.07, 6.45) is 1.78. The van der Waals surface area contributed by atoms with Crippen LogP contribution in [-0.4, -0.2) is 52.6 Å². The molecule has 1 aliphatic rings. The van der Waals surface area contributed by atoms with Crippen LogP contribution in [0.15, 0.2) is 23.2 Å². The molecule has 7 heteroatoms. The third kappa shape index (κ3) is 6.31. The third-order valence-corrected chi connectivity index (χ3v) is 4.53. The van der Waals surface area contributed by atoms with Gasteiger partial charge in [0.2, 0.25) is 0 Å². The first kappa shape index (κ1) is 22.0. The number of halogens is 1. The van der Waals surface area contributed by atoms with Crippen LogP contribution >= 0.6 is 24.0 Å². The highest BCUT2D eigenvalue weighted by molar-refractivity contribution is 14.0. The Morgan fingerprint density at radius 3 is 2.56 bits per heavy atom. The molecule has 1 saturated heterocycles. The van der Waals surface area contributed by atoms with Gasteiger partial charge in [-0.2, -0.15) is 0 Å². The summed E-state index contributed by atoms with van der Waals surface area (Å²) in [6.45, 7) is 4.88. The second-order valence-corrected chi connectivity index (χ2v) is 6.09. The molecule has 0 saturated carbocycles. The monoisotopic (exact) mass is 463 g/mol. The Morgan fingerprint density at radius 1 is 1.24 bits per heavy atom. The summed E-state index contributed by atoms with van der Waals surface area (Å²) < 4.78 is 16.6. The summed E-state index contributed by atoms with van der Waals surface area (Å²) in [5.41, 5.74) is 2.09. The molecule has 142 valence electrons. The minimum Gasteiger partial charge on any atom is -0.496 e. The molecule has 0 radical (unpaired) electrons. The number of nitrogens with zero attached hydrogens (tertiary/aromatic N) is 1. The van der Waals surface area contributed by atoms with Crippen LogP contribution in [0.1, 0.15) is 24.0 Å². The van der Waals surface area contributed by atoms with Gasteiger partial charge in [-0.05, 0) is 18.6 Å². The van der Waals surface area contributed by atoms with E-state index in [4.69, 9.17) is 14.2 Å². The molecule has 2 N–H and O–H groups in total. The van der Waals surface area contributed by atoms with Crippen LogP contribution in [0, 0.1) is 6.92 Å². The van der Waals surface area contributed by atoms with Gasteiger partial charge in [0.15, 0.2) is 5.96 Å². The Balaban J connectivity index is 0.00000312. The number of nitrogens with one attached hydrogen (secondary N) is 2. The first-order chi connectivity index (χ1) is 11.6. The highest BCUT2D eigenvalue weighted by Gasteiger charge is 2.32. The summed E-state index contributed by atoms with van der Waals surface area (Å²) >= 11 is 0. The van der Waals surface area contributed by atoms with E-state index in [0.717, 1.165) is 43.3 Å². The van der Waals surface area contributed by atoms with Crippen LogP contribution in [0.4, 0.5) is 0 Å². The van der Waals surface area contributed by atoms with Crippen LogP contribution in [0.3, 0.4) is 0 Å². The van der Waals surface area contributed by atoms with E-state index in [9.17, 15) is 0 Å². The smallest absolute Gasteiger partial charge is 0.191 e. The van der Waals surface area contributed by atoms with Gasteiger partial charge in [-0.25, -0.2) is 0 Å². The lowest BCUT2D eigenvalue weighted by Gasteiger charge is -2.36. The number of aryl methyl sites for hydroxylation is 1. The Bertz CT molecular complexity index is 560. The van der Waals surface area contributed by atoms with Crippen molar-refractivity contribution in [3.8, 4) is 5.75 Å². The average molecular weight is 463 g/mol. The fourth-order valence-corrected chi connectivity index (χ4v) is 2.84. The summed E-state index contributed by atoms with van der Waals surface area (Å²) in [6, 6.07) is 6.19. The molecular formula is C18H30IN3O3. The zero-order chi connectivity index (χ0) is 17.4. The van der Waals surface area contributed by atoms with Gasteiger partial charge in [-0.1, -0.05) is 12.1 Å². The molecule has 1 aromatic carbocycles. The van der Waals surface area contributed by atoms with Crippen LogP contribution < -0.4 is 15.4 Å². The molecule has 0 aliphatic carbocycles. The van der Waals surface area contributed by atoms with Gasteiger partial charge in [0.1, 0.15) is 5.75 Å². The zero-order valence-electron chi connectivity index (χ0n) is 15.6. The molecule has 2 rings (SSSR count). The van der Waals surface area contributed by atoms with E-state index in [1.54, 1.807) is 21.3 Å². The molecule has 0 amide bonds. The average Bonchev–Trinajstić information content (AvgIpc) is 2.63. The summed E-state index contributed by atoms with van der Waals surface area (Å²) in [5, 5.41) is 6.70. The standard InChI is InChI=1S/C18H29N3O3.HI/c1-14-5-6-15(16(11-14)22-3)12-20-17(19-2)21-13-18(23-4)7-9-24-10-8-18;/h5-6,11H,7-10,12-13H2,1-4H3,(H2,19,20,21);1H. The summed E-state index contributed by atoms with van der Waals surface area (Å²) in [4.78, 5) is 4.29. The Kier molecular flexibility index (Phi) is 9.52. The van der Waals surface area contributed by atoms with Crippen molar-refractivity contribution in [2.75, 3.05) is 41.0 Å². The fourth-order valence-electron chi connectivity index (χ4n) is 2.84. The molecule has 1 aliphatic heterocycles. The molecule has 0 unspecified atom stereocenters. The molecule has 0 bridgehead atoms. The van der Waals surface area contributed by atoms with Gasteiger partial charge < -0.3 is 24.8 Å². The Hall–Kier alpha value is -1.06. The largest absolute Gasteiger partial charge is 0.496 e. The van der Waals surface area contributed by atoms with Crippen LogP contribution in [0.5, 0.6) is 5.75 Å². The van der Waals surface area contributed by atoms with E-state index in [1.807, 2.05) is 6.07 Å². The van der Waals surface area contributed by atoms with Gasteiger partial charge in [0, 0.05) is 58.9 Å². The van der Waals surface area contributed by atoms with Crippen molar-refractivity contribution in [1.29, 1.82) is 0 Å². The molecule has 25 heavy (non-hydrogen) atoms. The highest BCUT2D eigenvalue weighted by Crippen LogP contribution is 2.23. The van der Waals surface area contributed by atoms with Crippen molar-refractivity contribution < 1.29 is 14.2 Å². The molecule has 1 fully saturated rings. The first-order valence-corrected chi connectivity index (χ1v) is 8.33. The predicted octanol–water partition coefficient (Wildman–Crippen LogP) is 2.48. The van der Waals surface area contributed by atoms with Crippen LogP contribution in [-0.2, 0) is 16.0 Å². The molecule has 6 nitrogen and oxygen atoms in total.